The van der Waals surface area contributed by atoms with Gasteiger partial charge in [-0.15, -0.1) is 0 Å². The van der Waals surface area contributed by atoms with E-state index in [1.165, 1.54) is 48.7 Å². The standard InChI is InChI=1S/C17H23N/c1-3-4-7-12(2)13-10-11-16-17(13)14-8-5-6-9-15(14)18-16/h5-6,8-9,12-13,18H,3-4,7,10-11H2,1-2H3. The van der Waals surface area contributed by atoms with Crippen LogP contribution < -0.4 is 0 Å². The van der Waals surface area contributed by atoms with Crippen molar-refractivity contribution in [1.82, 2.24) is 4.98 Å². The molecule has 0 spiro atoms. The van der Waals surface area contributed by atoms with Gasteiger partial charge < -0.3 is 4.98 Å². The number of aromatic nitrogens is 1. The van der Waals surface area contributed by atoms with Crippen LogP contribution in [0.3, 0.4) is 0 Å². The molecule has 0 saturated heterocycles. The van der Waals surface area contributed by atoms with Gasteiger partial charge in [0.1, 0.15) is 0 Å². The fourth-order valence-electron chi connectivity index (χ4n) is 3.58. The van der Waals surface area contributed by atoms with E-state index >= 15 is 0 Å². The molecule has 1 N–H and O–H groups in total. The zero-order valence-corrected chi connectivity index (χ0v) is 11.5. The molecule has 1 heteroatoms. The largest absolute Gasteiger partial charge is 0.358 e. The third-order valence-corrected chi connectivity index (χ3v) is 4.60. The van der Waals surface area contributed by atoms with Crippen LogP contribution in [0.15, 0.2) is 24.3 Å². The van der Waals surface area contributed by atoms with Gasteiger partial charge in [-0.05, 0) is 36.3 Å². The molecule has 1 heterocycles. The Labute approximate surface area is 110 Å². The summed E-state index contributed by atoms with van der Waals surface area (Å²) in [6.45, 7) is 4.73. The van der Waals surface area contributed by atoms with Gasteiger partial charge in [0.15, 0.2) is 0 Å². The molecule has 0 bridgehead atoms. The zero-order chi connectivity index (χ0) is 12.5. The van der Waals surface area contributed by atoms with E-state index in [9.17, 15) is 0 Å². The Morgan fingerprint density at radius 1 is 1.33 bits per heavy atom. The number of unbranched alkanes of at least 4 members (excludes halogenated alkanes) is 1. The second-order valence-electron chi connectivity index (χ2n) is 5.83. The first-order valence-electron chi connectivity index (χ1n) is 7.40. The predicted molar refractivity (Wildman–Crippen MR) is 78.0 cm³/mol. The highest BCUT2D eigenvalue weighted by Gasteiger charge is 2.30. The first kappa shape index (κ1) is 11.8. The van der Waals surface area contributed by atoms with Crippen molar-refractivity contribution >= 4 is 10.9 Å². The highest BCUT2D eigenvalue weighted by Crippen LogP contribution is 2.43. The SMILES string of the molecule is CCCCC(C)C1CCc2[nH]c3ccccc3c21. The van der Waals surface area contributed by atoms with Crippen LogP contribution in [0.2, 0.25) is 0 Å². The molecule has 3 rings (SSSR count). The quantitative estimate of drug-likeness (QED) is 0.773. The van der Waals surface area contributed by atoms with Gasteiger partial charge in [-0.2, -0.15) is 0 Å². The van der Waals surface area contributed by atoms with Crippen LogP contribution in [0.5, 0.6) is 0 Å². The third-order valence-electron chi connectivity index (χ3n) is 4.60. The number of fused-ring (bicyclic) bond motifs is 3. The van der Waals surface area contributed by atoms with Crippen molar-refractivity contribution in [2.75, 3.05) is 0 Å². The minimum Gasteiger partial charge on any atom is -0.358 e. The molecule has 1 aliphatic carbocycles. The maximum Gasteiger partial charge on any atom is 0.0459 e. The van der Waals surface area contributed by atoms with Crippen LogP contribution in [-0.2, 0) is 6.42 Å². The Balaban J connectivity index is 1.94. The minimum atomic E-state index is 0.780. The highest BCUT2D eigenvalue weighted by atomic mass is 14.7. The van der Waals surface area contributed by atoms with Crippen LogP contribution in [0.25, 0.3) is 10.9 Å². The number of H-pyrrole nitrogens is 1. The van der Waals surface area contributed by atoms with Crippen molar-refractivity contribution in [1.29, 1.82) is 0 Å². The number of benzene rings is 1. The summed E-state index contributed by atoms with van der Waals surface area (Å²) in [5.41, 5.74) is 4.47. The number of rotatable bonds is 4. The summed E-state index contributed by atoms with van der Waals surface area (Å²) in [5, 5.41) is 1.47. The lowest BCUT2D eigenvalue weighted by Gasteiger charge is -2.19. The van der Waals surface area contributed by atoms with Crippen molar-refractivity contribution in [3.8, 4) is 0 Å². The number of para-hydroxylation sites is 1. The van der Waals surface area contributed by atoms with Gasteiger partial charge in [0.05, 0.1) is 0 Å². The molecule has 0 amide bonds. The van der Waals surface area contributed by atoms with E-state index in [2.05, 4.69) is 43.1 Å². The Bertz CT molecular complexity index is 538. The van der Waals surface area contributed by atoms with E-state index in [0.717, 1.165) is 11.8 Å². The molecule has 2 unspecified atom stereocenters. The lowest BCUT2D eigenvalue weighted by Crippen LogP contribution is -2.06. The average Bonchev–Trinajstić information content (AvgIpc) is 2.94. The monoisotopic (exact) mass is 241 g/mol. The van der Waals surface area contributed by atoms with E-state index in [0.29, 0.717) is 0 Å². The molecule has 0 aliphatic heterocycles. The van der Waals surface area contributed by atoms with Crippen molar-refractivity contribution in [2.24, 2.45) is 5.92 Å². The summed E-state index contributed by atoms with van der Waals surface area (Å²) in [6, 6.07) is 8.79. The molecular weight excluding hydrogens is 218 g/mol. The summed E-state index contributed by atoms with van der Waals surface area (Å²) in [6.07, 6.45) is 6.65. The summed E-state index contributed by atoms with van der Waals surface area (Å²) in [7, 11) is 0. The molecule has 18 heavy (non-hydrogen) atoms. The molecule has 1 aliphatic rings. The zero-order valence-electron chi connectivity index (χ0n) is 11.5. The first-order valence-corrected chi connectivity index (χ1v) is 7.40. The van der Waals surface area contributed by atoms with E-state index in [1.54, 1.807) is 5.56 Å². The van der Waals surface area contributed by atoms with E-state index < -0.39 is 0 Å². The molecule has 0 saturated carbocycles. The summed E-state index contributed by atoms with van der Waals surface area (Å²) in [4.78, 5) is 3.62. The lowest BCUT2D eigenvalue weighted by atomic mass is 9.85. The Hall–Kier alpha value is -1.24. The molecular formula is C17H23N. The van der Waals surface area contributed by atoms with Gasteiger partial charge in [-0.3, -0.25) is 0 Å². The summed E-state index contributed by atoms with van der Waals surface area (Å²) >= 11 is 0. The maximum absolute atomic E-state index is 3.62. The van der Waals surface area contributed by atoms with Gasteiger partial charge in [0, 0.05) is 16.6 Å². The predicted octanol–water partition coefficient (Wildman–Crippen LogP) is 5.02. The van der Waals surface area contributed by atoms with Crippen molar-refractivity contribution in [2.45, 2.75) is 51.9 Å². The smallest absolute Gasteiger partial charge is 0.0459 e. The molecule has 2 aromatic rings. The summed E-state index contributed by atoms with van der Waals surface area (Å²) in [5.74, 6) is 1.60. The van der Waals surface area contributed by atoms with Crippen LogP contribution in [0.4, 0.5) is 0 Å². The highest BCUT2D eigenvalue weighted by molar-refractivity contribution is 5.85. The van der Waals surface area contributed by atoms with Crippen LogP contribution in [0, 0.1) is 5.92 Å². The molecule has 0 radical (unpaired) electrons. The number of hydrogen-bond donors (Lipinski definition) is 1. The van der Waals surface area contributed by atoms with Gasteiger partial charge in [0.25, 0.3) is 0 Å². The molecule has 1 aromatic heterocycles. The average molecular weight is 241 g/mol. The van der Waals surface area contributed by atoms with Gasteiger partial charge in [0.2, 0.25) is 0 Å². The Morgan fingerprint density at radius 3 is 3.00 bits per heavy atom. The number of hydrogen-bond acceptors (Lipinski definition) is 0. The van der Waals surface area contributed by atoms with Crippen molar-refractivity contribution < 1.29 is 0 Å². The molecule has 1 aromatic carbocycles. The maximum atomic E-state index is 3.62. The first-order chi connectivity index (χ1) is 8.81. The summed E-state index contributed by atoms with van der Waals surface area (Å²) < 4.78 is 0. The molecule has 1 nitrogen and oxygen atoms in total. The third kappa shape index (κ3) is 1.86. The Kier molecular flexibility index (Phi) is 3.15. The fourth-order valence-corrected chi connectivity index (χ4v) is 3.58. The van der Waals surface area contributed by atoms with Gasteiger partial charge in [-0.25, -0.2) is 0 Å². The Morgan fingerprint density at radius 2 is 2.17 bits per heavy atom. The number of aryl methyl sites for hydroxylation is 1. The van der Waals surface area contributed by atoms with Crippen LogP contribution >= 0.6 is 0 Å². The second kappa shape index (κ2) is 4.79. The van der Waals surface area contributed by atoms with Crippen LogP contribution in [0.1, 0.15) is 56.7 Å². The fraction of sp³-hybridized carbons (Fsp3) is 0.529. The van der Waals surface area contributed by atoms with E-state index in [-0.39, 0.29) is 0 Å². The normalized spacial score (nSPS) is 20.2. The van der Waals surface area contributed by atoms with E-state index in [1.807, 2.05) is 0 Å². The van der Waals surface area contributed by atoms with Crippen LogP contribution in [-0.4, -0.2) is 4.98 Å². The molecule has 96 valence electrons. The number of nitrogens with one attached hydrogen (secondary N) is 1. The second-order valence-corrected chi connectivity index (χ2v) is 5.83. The van der Waals surface area contributed by atoms with Crippen molar-refractivity contribution in [3.63, 3.8) is 0 Å². The van der Waals surface area contributed by atoms with Gasteiger partial charge in [-0.1, -0.05) is 51.3 Å². The van der Waals surface area contributed by atoms with Crippen molar-refractivity contribution in [3.05, 3.63) is 35.5 Å². The lowest BCUT2D eigenvalue weighted by molar-refractivity contribution is 0.414. The minimum absolute atomic E-state index is 0.780. The molecule has 0 fully saturated rings. The number of aromatic amines is 1. The topological polar surface area (TPSA) is 15.8 Å². The van der Waals surface area contributed by atoms with E-state index in [4.69, 9.17) is 0 Å². The molecule has 2 atom stereocenters. The van der Waals surface area contributed by atoms with Gasteiger partial charge >= 0.3 is 0 Å².